The maximum Gasteiger partial charge on any atom is 0.385 e. The van der Waals surface area contributed by atoms with Gasteiger partial charge in [-0.3, -0.25) is 0 Å². The summed E-state index contributed by atoms with van der Waals surface area (Å²) in [6, 6.07) is 0. The van der Waals surface area contributed by atoms with Gasteiger partial charge in [-0.1, -0.05) is 39.5 Å². The minimum Gasteiger partial charge on any atom is -0.331 e. The molecular formula is C12H25N5O2. The van der Waals surface area contributed by atoms with Crippen LogP contribution in [-0.4, -0.2) is 14.1 Å². The van der Waals surface area contributed by atoms with Crippen LogP contribution in [0, 0.1) is 5.92 Å². The zero-order valence-corrected chi connectivity index (χ0v) is 11.8. The van der Waals surface area contributed by atoms with Crippen molar-refractivity contribution in [3.63, 3.8) is 0 Å². The van der Waals surface area contributed by atoms with Gasteiger partial charge < -0.3 is 11.7 Å². The van der Waals surface area contributed by atoms with Gasteiger partial charge >= 0.3 is 11.4 Å². The Morgan fingerprint density at radius 3 is 2.16 bits per heavy atom. The molecule has 110 valence electrons. The quantitative estimate of drug-likeness (QED) is 0.522. The fourth-order valence-corrected chi connectivity index (χ4v) is 2.34. The Balaban J connectivity index is 2.82. The number of hydrogen-bond acceptors (Lipinski definition) is 4. The van der Waals surface area contributed by atoms with Crippen LogP contribution in [0.5, 0.6) is 0 Å². The highest BCUT2D eigenvalue weighted by atomic mass is 16.2. The van der Waals surface area contributed by atoms with E-state index in [-0.39, 0.29) is 0 Å². The Morgan fingerprint density at radius 1 is 1.00 bits per heavy atom. The summed E-state index contributed by atoms with van der Waals surface area (Å²) in [4.78, 5) is 24.1. The fraction of sp³-hybridized carbons (Fsp3) is 0.833. The van der Waals surface area contributed by atoms with E-state index in [4.69, 9.17) is 11.7 Å². The van der Waals surface area contributed by atoms with Crippen molar-refractivity contribution in [3.8, 4) is 0 Å². The Morgan fingerprint density at radius 2 is 1.68 bits per heavy atom. The lowest BCUT2D eigenvalue weighted by molar-refractivity contribution is 0.330. The Hall–Kier alpha value is -1.66. The van der Waals surface area contributed by atoms with Crippen molar-refractivity contribution in [2.75, 3.05) is 11.7 Å². The first-order chi connectivity index (χ1) is 9.02. The molecule has 0 aliphatic heterocycles. The van der Waals surface area contributed by atoms with Crippen LogP contribution in [-0.2, 0) is 6.54 Å². The summed E-state index contributed by atoms with van der Waals surface area (Å²) >= 11 is 0. The summed E-state index contributed by atoms with van der Waals surface area (Å²) in [7, 11) is 0. The number of rotatable bonds is 8. The lowest BCUT2D eigenvalue weighted by atomic mass is 9.96. The van der Waals surface area contributed by atoms with Crippen LogP contribution in [0.1, 0.15) is 52.4 Å². The number of hydrogen-bond donors (Lipinski definition) is 2. The second-order valence-corrected chi connectivity index (χ2v) is 5.01. The third-order valence-electron chi connectivity index (χ3n) is 3.43. The van der Waals surface area contributed by atoms with E-state index in [1.54, 1.807) is 0 Å². The maximum atomic E-state index is 11.8. The van der Waals surface area contributed by atoms with Crippen LogP contribution < -0.4 is 23.1 Å². The molecule has 1 atom stereocenters. The fourth-order valence-electron chi connectivity index (χ4n) is 2.34. The molecule has 1 rings (SSSR count). The van der Waals surface area contributed by atoms with Crippen molar-refractivity contribution in [1.29, 1.82) is 0 Å². The molecule has 1 aromatic rings. The van der Waals surface area contributed by atoms with Crippen molar-refractivity contribution in [2.45, 2.75) is 58.9 Å². The number of nitrogen functional groups attached to an aromatic ring is 2. The summed E-state index contributed by atoms with van der Waals surface area (Å²) in [5.74, 6) is 11.3. The van der Waals surface area contributed by atoms with Gasteiger partial charge in [0, 0.05) is 6.54 Å². The average Bonchev–Trinajstić information content (AvgIpc) is 2.57. The van der Waals surface area contributed by atoms with Gasteiger partial charge in [-0.05, 0) is 18.8 Å². The van der Waals surface area contributed by atoms with Gasteiger partial charge in [0.15, 0.2) is 0 Å². The van der Waals surface area contributed by atoms with Crippen LogP contribution in [0.3, 0.4) is 0 Å². The van der Waals surface area contributed by atoms with Gasteiger partial charge in [0.1, 0.15) is 0 Å². The normalized spacial score (nSPS) is 12.7. The SMILES string of the molecule is CCCCCC(CCC)Cn1c(=O)n(N)c(=O)n1N. The Bertz CT molecular complexity index is 499. The van der Waals surface area contributed by atoms with E-state index in [0.717, 1.165) is 30.5 Å². The highest BCUT2D eigenvalue weighted by Gasteiger charge is 2.16. The smallest absolute Gasteiger partial charge is 0.331 e. The molecule has 0 fully saturated rings. The predicted octanol–water partition coefficient (Wildman–Crippen LogP) is 0.236. The number of nitrogens with two attached hydrogens (primary N) is 2. The van der Waals surface area contributed by atoms with Crippen LogP contribution in [0.15, 0.2) is 9.59 Å². The zero-order chi connectivity index (χ0) is 14.4. The molecule has 0 saturated heterocycles. The molecule has 0 saturated carbocycles. The van der Waals surface area contributed by atoms with Crippen molar-refractivity contribution in [3.05, 3.63) is 21.0 Å². The summed E-state index contributed by atoms with van der Waals surface area (Å²) < 4.78 is 1.78. The van der Waals surface area contributed by atoms with E-state index in [1.165, 1.54) is 17.5 Å². The number of nitrogens with zero attached hydrogens (tertiary/aromatic N) is 3. The van der Waals surface area contributed by atoms with Gasteiger partial charge in [-0.15, -0.1) is 4.79 Å². The van der Waals surface area contributed by atoms with E-state index in [0.29, 0.717) is 17.1 Å². The standard InChI is InChI=1S/C12H25N5O2/c1-3-5-6-8-10(7-4-2)9-15-11(18)16(13)12(19)17(15)14/h10H,3-9,13-14H2,1-2H3. The first-order valence-electron chi connectivity index (χ1n) is 6.97. The van der Waals surface area contributed by atoms with E-state index < -0.39 is 11.4 Å². The molecule has 0 amide bonds. The summed E-state index contributed by atoms with van der Waals surface area (Å²) in [5, 5.41) is 0. The van der Waals surface area contributed by atoms with Crippen molar-refractivity contribution >= 4 is 0 Å². The Kier molecular flexibility index (Phi) is 5.72. The summed E-state index contributed by atoms with van der Waals surface area (Å²) in [6.07, 6.45) is 6.58. The van der Waals surface area contributed by atoms with Crippen LogP contribution in [0.25, 0.3) is 0 Å². The van der Waals surface area contributed by atoms with Gasteiger partial charge in [0.2, 0.25) is 0 Å². The third kappa shape index (κ3) is 3.65. The molecule has 7 heteroatoms. The monoisotopic (exact) mass is 271 g/mol. The molecule has 0 radical (unpaired) electrons. The first-order valence-corrected chi connectivity index (χ1v) is 6.97. The van der Waals surface area contributed by atoms with Gasteiger partial charge in [-0.25, -0.2) is 14.3 Å². The van der Waals surface area contributed by atoms with Gasteiger partial charge in [-0.2, -0.15) is 4.68 Å². The van der Waals surface area contributed by atoms with E-state index >= 15 is 0 Å². The molecule has 0 aromatic carbocycles. The van der Waals surface area contributed by atoms with Crippen LogP contribution >= 0.6 is 0 Å². The minimum atomic E-state index is -0.686. The largest absolute Gasteiger partial charge is 0.385 e. The molecule has 0 aliphatic rings. The van der Waals surface area contributed by atoms with Crippen LogP contribution in [0.2, 0.25) is 0 Å². The highest BCUT2D eigenvalue weighted by Crippen LogP contribution is 2.16. The van der Waals surface area contributed by atoms with E-state index in [9.17, 15) is 9.59 Å². The Labute approximate surface area is 112 Å². The number of unbranched alkanes of at least 4 members (excludes halogenated alkanes) is 2. The second kappa shape index (κ2) is 7.06. The number of aromatic nitrogens is 3. The van der Waals surface area contributed by atoms with E-state index in [1.807, 2.05) is 0 Å². The molecule has 4 N–H and O–H groups in total. The minimum absolute atomic E-state index is 0.353. The lowest BCUT2D eigenvalue weighted by Crippen LogP contribution is -2.36. The molecule has 1 aromatic heterocycles. The van der Waals surface area contributed by atoms with Crippen LogP contribution in [0.4, 0.5) is 0 Å². The highest BCUT2D eigenvalue weighted by molar-refractivity contribution is 4.74. The molecule has 1 heterocycles. The summed E-state index contributed by atoms with van der Waals surface area (Å²) in [6.45, 7) is 4.72. The summed E-state index contributed by atoms with van der Waals surface area (Å²) in [5.41, 5.74) is -1.24. The molecular weight excluding hydrogens is 246 g/mol. The molecule has 1 unspecified atom stereocenters. The second-order valence-electron chi connectivity index (χ2n) is 5.01. The molecule has 0 spiro atoms. The van der Waals surface area contributed by atoms with Crippen molar-refractivity contribution < 1.29 is 0 Å². The average molecular weight is 271 g/mol. The van der Waals surface area contributed by atoms with Gasteiger partial charge in [0.05, 0.1) is 0 Å². The zero-order valence-electron chi connectivity index (χ0n) is 11.8. The molecule has 19 heavy (non-hydrogen) atoms. The lowest BCUT2D eigenvalue weighted by Gasteiger charge is -2.16. The molecule has 7 nitrogen and oxygen atoms in total. The van der Waals surface area contributed by atoms with Gasteiger partial charge in [0.25, 0.3) is 0 Å². The predicted molar refractivity (Wildman–Crippen MR) is 75.8 cm³/mol. The molecule has 0 bridgehead atoms. The first kappa shape index (κ1) is 15.4. The molecule has 0 aliphatic carbocycles. The maximum absolute atomic E-state index is 11.8. The van der Waals surface area contributed by atoms with Crippen molar-refractivity contribution in [2.24, 2.45) is 5.92 Å². The third-order valence-corrected chi connectivity index (χ3v) is 3.43. The van der Waals surface area contributed by atoms with E-state index in [2.05, 4.69) is 13.8 Å². The van der Waals surface area contributed by atoms with Crippen molar-refractivity contribution in [1.82, 2.24) is 14.1 Å². The topological polar surface area (TPSA) is 101 Å².